The molecule has 2 heterocycles. The quantitative estimate of drug-likeness (QED) is 0.766. The molecular formula is C12H6F2N4O3. The summed E-state index contributed by atoms with van der Waals surface area (Å²) < 4.78 is 31.2. The molecule has 2 N–H and O–H groups in total. The van der Waals surface area contributed by atoms with Gasteiger partial charge in [-0.2, -0.15) is 4.98 Å². The molecule has 0 bridgehead atoms. The van der Waals surface area contributed by atoms with E-state index in [1.807, 2.05) is 0 Å². The summed E-state index contributed by atoms with van der Waals surface area (Å²) in [5.41, 5.74) is -0.215. The van der Waals surface area contributed by atoms with Crippen molar-refractivity contribution in [1.29, 1.82) is 0 Å². The van der Waals surface area contributed by atoms with E-state index in [1.165, 1.54) is 0 Å². The molecule has 0 saturated heterocycles. The van der Waals surface area contributed by atoms with E-state index >= 15 is 0 Å². The number of halogens is 2. The molecule has 0 aliphatic heterocycles. The second-order valence-corrected chi connectivity index (χ2v) is 4.01. The van der Waals surface area contributed by atoms with Gasteiger partial charge >= 0.3 is 5.97 Å². The summed E-state index contributed by atoms with van der Waals surface area (Å²) in [5, 5.41) is 12.5. The van der Waals surface area contributed by atoms with E-state index in [-0.39, 0.29) is 28.7 Å². The number of aromatic nitrogens is 4. The highest BCUT2D eigenvalue weighted by Gasteiger charge is 2.21. The van der Waals surface area contributed by atoms with Crippen LogP contribution in [0.4, 0.5) is 8.78 Å². The predicted octanol–water partition coefficient (Wildman–Crippen LogP) is 2.10. The lowest BCUT2D eigenvalue weighted by molar-refractivity contribution is 0.0691. The minimum absolute atomic E-state index is 0.0122. The van der Waals surface area contributed by atoms with Crippen LogP contribution in [-0.2, 0) is 0 Å². The second kappa shape index (κ2) is 4.78. The average molecular weight is 292 g/mol. The van der Waals surface area contributed by atoms with Crippen LogP contribution in [0.3, 0.4) is 0 Å². The monoisotopic (exact) mass is 292 g/mol. The Morgan fingerprint density at radius 1 is 1.24 bits per heavy atom. The standard InChI is InChI=1S/C12H6F2N4O3/c13-6-1-5(2-7(14)3-6)10-17-11(21-18-10)8-9(12(19)20)16-4-15-8/h1-4H,(H,15,16)(H,19,20). The maximum Gasteiger partial charge on any atom is 0.356 e. The molecular weight excluding hydrogens is 286 g/mol. The molecule has 0 unspecified atom stereocenters. The normalized spacial score (nSPS) is 10.8. The molecule has 1 aromatic carbocycles. The van der Waals surface area contributed by atoms with Gasteiger partial charge in [0.2, 0.25) is 5.82 Å². The molecule has 0 fully saturated rings. The highest BCUT2D eigenvalue weighted by Crippen LogP contribution is 2.24. The predicted molar refractivity (Wildman–Crippen MR) is 64.2 cm³/mol. The highest BCUT2D eigenvalue weighted by atomic mass is 19.1. The Morgan fingerprint density at radius 2 is 1.95 bits per heavy atom. The highest BCUT2D eigenvalue weighted by molar-refractivity contribution is 5.91. The zero-order chi connectivity index (χ0) is 15.0. The zero-order valence-corrected chi connectivity index (χ0v) is 10.2. The fourth-order valence-corrected chi connectivity index (χ4v) is 1.74. The molecule has 0 aliphatic rings. The summed E-state index contributed by atoms with van der Waals surface area (Å²) in [5.74, 6) is -3.07. The Balaban J connectivity index is 2.04. The van der Waals surface area contributed by atoms with Gasteiger partial charge in [-0.25, -0.2) is 18.6 Å². The number of H-pyrrole nitrogens is 1. The topological polar surface area (TPSA) is 105 Å². The lowest BCUT2D eigenvalue weighted by Crippen LogP contribution is -1.99. The van der Waals surface area contributed by atoms with Crippen molar-refractivity contribution in [3.05, 3.63) is 41.9 Å². The molecule has 0 amide bonds. The van der Waals surface area contributed by atoms with E-state index in [9.17, 15) is 13.6 Å². The van der Waals surface area contributed by atoms with Crippen molar-refractivity contribution in [3.63, 3.8) is 0 Å². The Bertz CT molecular complexity index is 807. The summed E-state index contributed by atoms with van der Waals surface area (Å²) in [6.07, 6.45) is 1.16. The minimum Gasteiger partial charge on any atom is -0.476 e. The number of hydrogen-bond donors (Lipinski definition) is 2. The second-order valence-electron chi connectivity index (χ2n) is 4.01. The Morgan fingerprint density at radius 3 is 2.62 bits per heavy atom. The van der Waals surface area contributed by atoms with E-state index in [0.717, 1.165) is 18.5 Å². The van der Waals surface area contributed by atoms with Crippen molar-refractivity contribution < 1.29 is 23.2 Å². The first-order valence-corrected chi connectivity index (χ1v) is 5.62. The molecule has 3 rings (SSSR count). The van der Waals surface area contributed by atoms with Gasteiger partial charge in [0.15, 0.2) is 5.69 Å². The summed E-state index contributed by atoms with van der Waals surface area (Å²) in [7, 11) is 0. The molecule has 9 heteroatoms. The lowest BCUT2D eigenvalue weighted by Gasteiger charge is -1.95. The number of hydrogen-bond acceptors (Lipinski definition) is 5. The van der Waals surface area contributed by atoms with Crippen molar-refractivity contribution >= 4 is 5.97 Å². The van der Waals surface area contributed by atoms with E-state index < -0.39 is 17.6 Å². The van der Waals surface area contributed by atoms with Gasteiger partial charge in [0.25, 0.3) is 5.89 Å². The maximum atomic E-state index is 13.1. The minimum atomic E-state index is -1.28. The fraction of sp³-hybridized carbons (Fsp3) is 0. The van der Waals surface area contributed by atoms with Gasteiger partial charge in [-0.3, -0.25) is 0 Å². The Kier molecular flexibility index (Phi) is 2.94. The van der Waals surface area contributed by atoms with Crippen LogP contribution in [0, 0.1) is 11.6 Å². The van der Waals surface area contributed by atoms with E-state index in [4.69, 9.17) is 9.63 Å². The zero-order valence-electron chi connectivity index (χ0n) is 10.2. The van der Waals surface area contributed by atoms with Crippen LogP contribution in [-0.4, -0.2) is 31.2 Å². The first-order chi connectivity index (χ1) is 10.0. The van der Waals surface area contributed by atoms with Crippen molar-refractivity contribution in [2.45, 2.75) is 0 Å². The number of imidazole rings is 1. The number of carboxylic acid groups (broad SMARTS) is 1. The van der Waals surface area contributed by atoms with E-state index in [1.54, 1.807) is 0 Å². The SMILES string of the molecule is O=C(O)c1nc[nH]c1-c1nc(-c2cc(F)cc(F)c2)no1. The third-order valence-corrected chi connectivity index (χ3v) is 2.60. The van der Waals surface area contributed by atoms with Gasteiger partial charge in [0, 0.05) is 11.6 Å². The third-order valence-electron chi connectivity index (χ3n) is 2.60. The molecule has 106 valence electrons. The van der Waals surface area contributed by atoms with Crippen LogP contribution < -0.4 is 0 Å². The fourth-order valence-electron chi connectivity index (χ4n) is 1.74. The van der Waals surface area contributed by atoms with E-state index in [2.05, 4.69) is 20.1 Å². The number of nitrogens with zero attached hydrogens (tertiary/aromatic N) is 3. The molecule has 0 aliphatic carbocycles. The van der Waals surface area contributed by atoms with Gasteiger partial charge in [-0.15, -0.1) is 0 Å². The van der Waals surface area contributed by atoms with Gasteiger partial charge in [-0.05, 0) is 12.1 Å². The van der Waals surface area contributed by atoms with Gasteiger partial charge in [0.05, 0.1) is 6.33 Å². The third kappa shape index (κ3) is 2.36. The molecule has 2 aromatic heterocycles. The van der Waals surface area contributed by atoms with Crippen LogP contribution >= 0.6 is 0 Å². The summed E-state index contributed by atoms with van der Waals surface area (Å²) in [6.45, 7) is 0. The number of carboxylic acids is 1. The van der Waals surface area contributed by atoms with Gasteiger partial charge in [0.1, 0.15) is 17.3 Å². The summed E-state index contributed by atoms with van der Waals surface area (Å²) in [4.78, 5) is 21.0. The summed E-state index contributed by atoms with van der Waals surface area (Å²) >= 11 is 0. The smallest absolute Gasteiger partial charge is 0.356 e. The molecule has 0 saturated carbocycles. The molecule has 0 atom stereocenters. The molecule has 3 aromatic rings. The van der Waals surface area contributed by atoms with Crippen LogP contribution in [0.25, 0.3) is 23.0 Å². The number of nitrogens with one attached hydrogen (secondary N) is 1. The van der Waals surface area contributed by atoms with Gasteiger partial charge in [-0.1, -0.05) is 5.16 Å². The number of aromatic amines is 1. The number of benzene rings is 1. The van der Waals surface area contributed by atoms with Crippen LogP contribution in [0.15, 0.2) is 29.0 Å². The maximum absolute atomic E-state index is 13.1. The van der Waals surface area contributed by atoms with Crippen molar-refractivity contribution in [2.24, 2.45) is 0 Å². The van der Waals surface area contributed by atoms with E-state index in [0.29, 0.717) is 6.07 Å². The van der Waals surface area contributed by atoms with Crippen LogP contribution in [0.5, 0.6) is 0 Å². The number of aromatic carboxylic acids is 1. The largest absolute Gasteiger partial charge is 0.476 e. The lowest BCUT2D eigenvalue weighted by atomic mass is 10.2. The molecule has 0 radical (unpaired) electrons. The van der Waals surface area contributed by atoms with Crippen LogP contribution in [0.1, 0.15) is 10.5 Å². The van der Waals surface area contributed by atoms with Crippen molar-refractivity contribution in [2.75, 3.05) is 0 Å². The number of rotatable bonds is 3. The van der Waals surface area contributed by atoms with Crippen molar-refractivity contribution in [3.8, 4) is 23.0 Å². The first kappa shape index (κ1) is 12.9. The van der Waals surface area contributed by atoms with Gasteiger partial charge < -0.3 is 14.6 Å². The Labute approximate surface area is 115 Å². The average Bonchev–Trinajstić information content (AvgIpc) is 3.06. The van der Waals surface area contributed by atoms with Crippen molar-refractivity contribution in [1.82, 2.24) is 20.1 Å². The molecule has 7 nitrogen and oxygen atoms in total. The number of carbonyl (C=O) groups is 1. The Hall–Kier alpha value is -3.10. The molecule has 21 heavy (non-hydrogen) atoms. The summed E-state index contributed by atoms with van der Waals surface area (Å²) in [6, 6.07) is 2.77. The first-order valence-electron chi connectivity index (χ1n) is 5.62. The molecule has 0 spiro atoms. The van der Waals surface area contributed by atoms with Crippen LogP contribution in [0.2, 0.25) is 0 Å².